The van der Waals surface area contributed by atoms with Gasteiger partial charge in [0.05, 0.1) is 16.1 Å². The first-order valence-electron chi connectivity index (χ1n) is 7.41. The molecule has 0 aliphatic rings. The number of ketones is 1. The number of halogens is 1. The fraction of sp³-hybridized carbons (Fsp3) is 0.235. The Kier molecular flexibility index (Phi) is 6.74. The van der Waals surface area contributed by atoms with Crippen LogP contribution in [0.5, 0.6) is 0 Å². The van der Waals surface area contributed by atoms with E-state index in [4.69, 9.17) is 5.73 Å². The smallest absolute Gasteiger partial charge is 0.183 e. The Balaban J connectivity index is 0.00000208. The van der Waals surface area contributed by atoms with Crippen molar-refractivity contribution in [3.05, 3.63) is 52.0 Å². The van der Waals surface area contributed by atoms with Crippen LogP contribution in [0.25, 0.3) is 10.9 Å². The second kappa shape index (κ2) is 8.58. The standard InChI is InChI=1S/C17H17N3OS2.ClH/c1-2-16-19-13-6-4-3-5-12(13)17(20-16)22-10-14(21)15-8-7-11(9-18)23-15;/h3-8H,2,9-10,18H2,1H3;1H. The van der Waals surface area contributed by atoms with Gasteiger partial charge in [0.1, 0.15) is 10.9 Å². The highest BCUT2D eigenvalue weighted by atomic mass is 35.5. The van der Waals surface area contributed by atoms with Gasteiger partial charge in [0.25, 0.3) is 0 Å². The molecule has 2 N–H and O–H groups in total. The van der Waals surface area contributed by atoms with E-state index < -0.39 is 0 Å². The van der Waals surface area contributed by atoms with E-state index in [9.17, 15) is 4.79 Å². The summed E-state index contributed by atoms with van der Waals surface area (Å²) in [7, 11) is 0. The van der Waals surface area contributed by atoms with Gasteiger partial charge in [0, 0.05) is 23.2 Å². The molecule has 24 heavy (non-hydrogen) atoms. The molecule has 0 aliphatic heterocycles. The van der Waals surface area contributed by atoms with E-state index in [-0.39, 0.29) is 18.2 Å². The first-order chi connectivity index (χ1) is 11.2. The highest BCUT2D eigenvalue weighted by Crippen LogP contribution is 2.27. The molecule has 2 heterocycles. The molecule has 0 spiro atoms. The van der Waals surface area contributed by atoms with Gasteiger partial charge in [-0.2, -0.15) is 0 Å². The summed E-state index contributed by atoms with van der Waals surface area (Å²) >= 11 is 2.94. The molecule has 3 aromatic rings. The molecule has 0 amide bonds. The predicted molar refractivity (Wildman–Crippen MR) is 103 cm³/mol. The van der Waals surface area contributed by atoms with E-state index in [2.05, 4.69) is 9.97 Å². The summed E-state index contributed by atoms with van der Waals surface area (Å²) in [5.41, 5.74) is 6.53. The first kappa shape index (κ1) is 18.9. The van der Waals surface area contributed by atoms with Gasteiger partial charge >= 0.3 is 0 Å². The second-order valence-corrected chi connectivity index (χ2v) is 7.13. The lowest BCUT2D eigenvalue weighted by molar-refractivity contribution is 0.102. The molecule has 4 nitrogen and oxygen atoms in total. The Labute approximate surface area is 155 Å². The van der Waals surface area contributed by atoms with Crippen molar-refractivity contribution in [3.8, 4) is 0 Å². The molecule has 0 bridgehead atoms. The van der Waals surface area contributed by atoms with E-state index in [1.54, 1.807) is 0 Å². The van der Waals surface area contributed by atoms with Gasteiger partial charge in [-0.15, -0.1) is 23.7 Å². The number of thiophene rings is 1. The number of rotatable bonds is 6. The van der Waals surface area contributed by atoms with Crippen LogP contribution in [0.4, 0.5) is 0 Å². The highest BCUT2D eigenvalue weighted by Gasteiger charge is 2.13. The monoisotopic (exact) mass is 379 g/mol. The molecule has 0 saturated carbocycles. The van der Waals surface area contributed by atoms with Gasteiger partial charge in [0.15, 0.2) is 5.78 Å². The van der Waals surface area contributed by atoms with Crippen LogP contribution < -0.4 is 5.73 Å². The van der Waals surface area contributed by atoms with Crippen molar-refractivity contribution in [3.63, 3.8) is 0 Å². The summed E-state index contributed by atoms with van der Waals surface area (Å²) in [6, 6.07) is 11.7. The highest BCUT2D eigenvalue weighted by molar-refractivity contribution is 8.00. The van der Waals surface area contributed by atoms with E-state index in [1.165, 1.54) is 23.1 Å². The zero-order valence-electron chi connectivity index (χ0n) is 13.2. The van der Waals surface area contributed by atoms with Crippen molar-refractivity contribution in [1.29, 1.82) is 0 Å². The van der Waals surface area contributed by atoms with E-state index in [1.807, 2.05) is 43.3 Å². The van der Waals surface area contributed by atoms with Crippen molar-refractivity contribution in [2.45, 2.75) is 24.9 Å². The summed E-state index contributed by atoms with van der Waals surface area (Å²) in [4.78, 5) is 23.2. The molecule has 2 aromatic heterocycles. The van der Waals surface area contributed by atoms with E-state index >= 15 is 0 Å². The number of para-hydroxylation sites is 1. The molecule has 0 saturated heterocycles. The molecule has 3 rings (SSSR count). The topological polar surface area (TPSA) is 68.9 Å². The van der Waals surface area contributed by atoms with Gasteiger partial charge in [-0.05, 0) is 18.2 Å². The Morgan fingerprint density at radius 2 is 2.00 bits per heavy atom. The van der Waals surface area contributed by atoms with Crippen LogP contribution >= 0.6 is 35.5 Å². The van der Waals surface area contributed by atoms with Gasteiger partial charge in [-0.1, -0.05) is 36.9 Å². The van der Waals surface area contributed by atoms with E-state index in [0.717, 1.165) is 37.9 Å². The summed E-state index contributed by atoms with van der Waals surface area (Å²) in [6.45, 7) is 2.51. The summed E-state index contributed by atoms with van der Waals surface area (Å²) in [5.74, 6) is 1.29. The van der Waals surface area contributed by atoms with Crippen molar-refractivity contribution in [1.82, 2.24) is 9.97 Å². The van der Waals surface area contributed by atoms with Crippen molar-refractivity contribution in [2.75, 3.05) is 5.75 Å². The summed E-state index contributed by atoms with van der Waals surface area (Å²) in [5, 5.41) is 1.87. The number of benzene rings is 1. The van der Waals surface area contributed by atoms with Crippen LogP contribution in [-0.2, 0) is 13.0 Å². The van der Waals surface area contributed by atoms with Crippen molar-refractivity contribution < 1.29 is 4.79 Å². The molecule has 0 atom stereocenters. The second-order valence-electron chi connectivity index (χ2n) is 5.00. The first-order valence-corrected chi connectivity index (χ1v) is 9.22. The number of Topliss-reactive ketones (excluding diaryl/α,β-unsaturated/α-hetero) is 1. The SMILES string of the molecule is CCc1nc(SCC(=O)c2ccc(CN)s2)c2ccccc2n1.Cl. The zero-order chi connectivity index (χ0) is 16.2. The predicted octanol–water partition coefficient (Wildman–Crippen LogP) is 4.11. The number of aromatic nitrogens is 2. The number of aryl methyl sites for hydroxylation is 1. The molecule has 126 valence electrons. The quantitative estimate of drug-likeness (QED) is 0.396. The Bertz CT molecular complexity index is 851. The van der Waals surface area contributed by atoms with Crippen LogP contribution in [0.15, 0.2) is 41.4 Å². The maximum atomic E-state index is 12.3. The Morgan fingerprint density at radius 3 is 2.71 bits per heavy atom. The molecule has 0 aliphatic carbocycles. The molecular formula is C17H18ClN3OS2. The number of carbonyl (C=O) groups is 1. The van der Waals surface area contributed by atoms with Crippen molar-refractivity contribution in [2.24, 2.45) is 5.73 Å². The average molecular weight is 380 g/mol. The maximum absolute atomic E-state index is 12.3. The number of carbonyl (C=O) groups excluding carboxylic acids is 1. The minimum Gasteiger partial charge on any atom is -0.326 e. The lowest BCUT2D eigenvalue weighted by Gasteiger charge is -2.06. The number of fused-ring (bicyclic) bond motifs is 1. The van der Waals surface area contributed by atoms with Crippen LogP contribution in [-0.4, -0.2) is 21.5 Å². The van der Waals surface area contributed by atoms with Gasteiger partial charge in [0.2, 0.25) is 0 Å². The zero-order valence-corrected chi connectivity index (χ0v) is 15.6. The normalized spacial score (nSPS) is 10.6. The summed E-state index contributed by atoms with van der Waals surface area (Å²) in [6.07, 6.45) is 0.775. The van der Waals surface area contributed by atoms with Crippen LogP contribution in [0.2, 0.25) is 0 Å². The molecule has 1 aromatic carbocycles. The largest absolute Gasteiger partial charge is 0.326 e. The third-order valence-electron chi connectivity index (χ3n) is 3.41. The minimum atomic E-state index is 0. The van der Waals surface area contributed by atoms with Gasteiger partial charge in [-0.3, -0.25) is 4.79 Å². The minimum absolute atomic E-state index is 0. The number of nitrogens with zero attached hydrogens (tertiary/aromatic N) is 2. The molecule has 0 unspecified atom stereocenters. The molecule has 0 fully saturated rings. The van der Waals surface area contributed by atoms with Crippen LogP contribution in [0.1, 0.15) is 27.3 Å². The molecular weight excluding hydrogens is 362 g/mol. The maximum Gasteiger partial charge on any atom is 0.183 e. The molecule has 7 heteroatoms. The third kappa shape index (κ3) is 4.13. The van der Waals surface area contributed by atoms with Gasteiger partial charge in [-0.25, -0.2) is 9.97 Å². The number of thioether (sulfide) groups is 1. The molecule has 0 radical (unpaired) electrons. The van der Waals surface area contributed by atoms with Crippen LogP contribution in [0, 0.1) is 0 Å². The fourth-order valence-electron chi connectivity index (χ4n) is 2.20. The third-order valence-corrected chi connectivity index (χ3v) is 5.55. The Hall–Kier alpha value is -1.47. The number of hydrogen-bond acceptors (Lipinski definition) is 6. The fourth-order valence-corrected chi connectivity index (χ4v) is 4.04. The van der Waals surface area contributed by atoms with Crippen LogP contribution in [0.3, 0.4) is 0 Å². The number of hydrogen-bond donors (Lipinski definition) is 1. The van der Waals surface area contributed by atoms with Gasteiger partial charge < -0.3 is 5.73 Å². The Morgan fingerprint density at radius 1 is 1.21 bits per heavy atom. The summed E-state index contributed by atoms with van der Waals surface area (Å²) < 4.78 is 0. The lowest BCUT2D eigenvalue weighted by atomic mass is 10.2. The number of nitrogens with two attached hydrogens (primary N) is 1. The van der Waals surface area contributed by atoms with E-state index in [0.29, 0.717) is 12.3 Å². The lowest BCUT2D eigenvalue weighted by Crippen LogP contribution is -2.02. The van der Waals surface area contributed by atoms with Crippen molar-refractivity contribution >= 4 is 52.2 Å². The average Bonchev–Trinajstić information content (AvgIpc) is 3.08.